The molecule has 1 fully saturated rings. The number of hydrogen-bond acceptors (Lipinski definition) is 5. The van der Waals surface area contributed by atoms with Crippen molar-refractivity contribution >= 4 is 11.8 Å². The summed E-state index contributed by atoms with van der Waals surface area (Å²) in [6, 6.07) is 7.98. The van der Waals surface area contributed by atoms with Crippen molar-refractivity contribution in [3.05, 3.63) is 35.4 Å². The van der Waals surface area contributed by atoms with E-state index in [9.17, 15) is 19.8 Å². The predicted octanol–water partition coefficient (Wildman–Crippen LogP) is -0.406. The SMILES string of the molecule is CCC(CO)(CO)NC(=O)C[C@@H]1C(=O)NCCN1C1Cc2ccccc2C1. The molecule has 1 heterocycles. The Kier molecular flexibility index (Phi) is 6.14. The molecule has 0 unspecified atom stereocenters. The molecule has 0 radical (unpaired) electrons. The van der Waals surface area contributed by atoms with E-state index >= 15 is 0 Å². The summed E-state index contributed by atoms with van der Waals surface area (Å²) >= 11 is 0. The highest BCUT2D eigenvalue weighted by Crippen LogP contribution is 2.28. The molecule has 4 N–H and O–H groups in total. The van der Waals surface area contributed by atoms with Gasteiger partial charge < -0.3 is 20.8 Å². The lowest BCUT2D eigenvalue weighted by atomic mass is 9.97. The van der Waals surface area contributed by atoms with E-state index in [-0.39, 0.29) is 37.5 Å². The number of rotatable bonds is 7. The van der Waals surface area contributed by atoms with Crippen LogP contribution in [0.4, 0.5) is 0 Å². The summed E-state index contributed by atoms with van der Waals surface area (Å²) in [6.07, 6.45) is 2.19. The van der Waals surface area contributed by atoms with Crippen molar-refractivity contribution in [2.75, 3.05) is 26.3 Å². The van der Waals surface area contributed by atoms with Crippen molar-refractivity contribution in [3.8, 4) is 0 Å². The minimum atomic E-state index is -1.04. The molecule has 148 valence electrons. The largest absolute Gasteiger partial charge is 0.394 e. The summed E-state index contributed by atoms with van der Waals surface area (Å²) in [5.74, 6) is -0.468. The number of nitrogens with one attached hydrogen (secondary N) is 2. The van der Waals surface area contributed by atoms with Crippen LogP contribution in [0.15, 0.2) is 24.3 Å². The van der Waals surface area contributed by atoms with Gasteiger partial charge in [-0.05, 0) is 30.4 Å². The quantitative estimate of drug-likeness (QED) is 0.519. The van der Waals surface area contributed by atoms with E-state index in [0.717, 1.165) is 12.8 Å². The molecule has 1 aromatic carbocycles. The second-order valence-electron chi connectivity index (χ2n) is 7.58. The van der Waals surface area contributed by atoms with Crippen LogP contribution in [0.3, 0.4) is 0 Å². The highest BCUT2D eigenvalue weighted by Gasteiger charge is 2.39. The fourth-order valence-corrected chi connectivity index (χ4v) is 4.11. The summed E-state index contributed by atoms with van der Waals surface area (Å²) < 4.78 is 0. The molecule has 1 saturated heterocycles. The van der Waals surface area contributed by atoms with E-state index in [1.165, 1.54) is 11.1 Å². The zero-order valence-corrected chi connectivity index (χ0v) is 15.8. The third kappa shape index (κ3) is 4.15. The molecule has 7 nitrogen and oxygen atoms in total. The molecule has 0 aromatic heterocycles. The Morgan fingerprint density at radius 2 is 1.89 bits per heavy atom. The summed E-state index contributed by atoms with van der Waals surface area (Å²) in [5, 5.41) is 24.7. The van der Waals surface area contributed by atoms with Gasteiger partial charge in [0.2, 0.25) is 11.8 Å². The van der Waals surface area contributed by atoms with E-state index in [1.54, 1.807) is 6.92 Å². The van der Waals surface area contributed by atoms with Crippen molar-refractivity contribution < 1.29 is 19.8 Å². The molecule has 1 aromatic rings. The predicted molar refractivity (Wildman–Crippen MR) is 101 cm³/mol. The first kappa shape index (κ1) is 19.8. The Bertz CT molecular complexity index is 656. The number of carbonyl (C=O) groups is 2. The monoisotopic (exact) mass is 375 g/mol. The Balaban J connectivity index is 1.70. The average molecular weight is 375 g/mol. The van der Waals surface area contributed by atoms with Gasteiger partial charge in [0.05, 0.1) is 31.2 Å². The number of amides is 2. The van der Waals surface area contributed by atoms with Crippen LogP contribution in [-0.2, 0) is 22.4 Å². The number of hydrogen-bond donors (Lipinski definition) is 4. The molecule has 7 heteroatoms. The first-order valence-corrected chi connectivity index (χ1v) is 9.65. The van der Waals surface area contributed by atoms with Crippen LogP contribution in [0.5, 0.6) is 0 Å². The summed E-state index contributed by atoms with van der Waals surface area (Å²) in [5.41, 5.74) is 1.57. The number of nitrogens with zero attached hydrogens (tertiary/aromatic N) is 1. The molecule has 1 aliphatic carbocycles. The molecular weight excluding hydrogens is 346 g/mol. The standard InChI is InChI=1S/C20H29N3O4/c1-2-20(12-24,13-25)22-18(26)11-17-19(27)21-7-8-23(17)16-9-14-5-3-4-6-15(14)10-16/h3-6,16-17,24-25H,2,7-13H2,1H3,(H,21,27)(H,22,26)/t17-/m1/s1. The van der Waals surface area contributed by atoms with Gasteiger partial charge in [-0.15, -0.1) is 0 Å². The molecule has 0 bridgehead atoms. The lowest BCUT2D eigenvalue weighted by molar-refractivity contribution is -0.136. The zero-order chi connectivity index (χ0) is 19.4. The zero-order valence-electron chi connectivity index (χ0n) is 15.8. The van der Waals surface area contributed by atoms with Gasteiger partial charge in [0.15, 0.2) is 0 Å². The number of fused-ring (bicyclic) bond motifs is 1. The smallest absolute Gasteiger partial charge is 0.237 e. The van der Waals surface area contributed by atoms with E-state index in [0.29, 0.717) is 19.5 Å². The van der Waals surface area contributed by atoms with E-state index in [1.807, 2.05) is 12.1 Å². The first-order valence-electron chi connectivity index (χ1n) is 9.65. The molecule has 2 aliphatic rings. The van der Waals surface area contributed by atoms with Crippen LogP contribution >= 0.6 is 0 Å². The second kappa shape index (κ2) is 8.37. The van der Waals surface area contributed by atoms with Crippen molar-refractivity contribution in [2.45, 2.75) is 50.2 Å². The van der Waals surface area contributed by atoms with Gasteiger partial charge in [0.1, 0.15) is 0 Å². The minimum absolute atomic E-state index is 0.0143. The van der Waals surface area contributed by atoms with Gasteiger partial charge in [0, 0.05) is 19.1 Å². The summed E-state index contributed by atoms with van der Waals surface area (Å²) in [4.78, 5) is 27.2. The molecule has 0 spiro atoms. The molecule has 1 atom stereocenters. The Morgan fingerprint density at radius 3 is 2.44 bits per heavy atom. The van der Waals surface area contributed by atoms with Crippen LogP contribution in [0.25, 0.3) is 0 Å². The molecule has 3 rings (SSSR count). The van der Waals surface area contributed by atoms with E-state index in [4.69, 9.17) is 0 Å². The van der Waals surface area contributed by atoms with Gasteiger partial charge in [-0.2, -0.15) is 0 Å². The highest BCUT2D eigenvalue weighted by molar-refractivity contribution is 5.89. The maximum absolute atomic E-state index is 12.6. The maximum atomic E-state index is 12.6. The second-order valence-corrected chi connectivity index (χ2v) is 7.58. The normalized spacial score (nSPS) is 21.0. The maximum Gasteiger partial charge on any atom is 0.237 e. The van der Waals surface area contributed by atoms with Crippen LogP contribution in [0.1, 0.15) is 30.9 Å². The summed E-state index contributed by atoms with van der Waals surface area (Å²) in [7, 11) is 0. The first-order chi connectivity index (χ1) is 13.0. The molecule has 1 aliphatic heterocycles. The molecular formula is C20H29N3O4. The lowest BCUT2D eigenvalue weighted by Gasteiger charge is -2.39. The average Bonchev–Trinajstić information content (AvgIpc) is 3.12. The van der Waals surface area contributed by atoms with E-state index in [2.05, 4.69) is 27.7 Å². The Morgan fingerprint density at radius 1 is 1.26 bits per heavy atom. The molecule has 27 heavy (non-hydrogen) atoms. The lowest BCUT2D eigenvalue weighted by Crippen LogP contribution is -2.61. The van der Waals surface area contributed by atoms with Crippen molar-refractivity contribution in [2.24, 2.45) is 0 Å². The summed E-state index contributed by atoms with van der Waals surface area (Å²) in [6.45, 7) is 2.40. The molecule has 2 amide bonds. The number of carbonyl (C=O) groups excluding carboxylic acids is 2. The van der Waals surface area contributed by atoms with Crippen LogP contribution in [0, 0.1) is 0 Å². The minimum Gasteiger partial charge on any atom is -0.394 e. The number of aliphatic hydroxyl groups excluding tert-OH is 2. The number of aliphatic hydroxyl groups is 2. The van der Waals surface area contributed by atoms with Crippen molar-refractivity contribution in [1.29, 1.82) is 0 Å². The fraction of sp³-hybridized carbons (Fsp3) is 0.600. The van der Waals surface area contributed by atoms with Crippen LogP contribution in [0.2, 0.25) is 0 Å². The van der Waals surface area contributed by atoms with Gasteiger partial charge in [-0.25, -0.2) is 0 Å². The number of benzene rings is 1. The van der Waals surface area contributed by atoms with Gasteiger partial charge in [-0.3, -0.25) is 14.5 Å². The third-order valence-electron chi connectivity index (χ3n) is 5.94. The fourth-order valence-electron chi connectivity index (χ4n) is 4.11. The van der Waals surface area contributed by atoms with Gasteiger partial charge >= 0.3 is 0 Å². The third-order valence-corrected chi connectivity index (χ3v) is 5.94. The van der Waals surface area contributed by atoms with Crippen LogP contribution < -0.4 is 10.6 Å². The topological polar surface area (TPSA) is 102 Å². The van der Waals surface area contributed by atoms with Crippen molar-refractivity contribution in [1.82, 2.24) is 15.5 Å². The Labute approximate surface area is 159 Å². The Hall–Kier alpha value is -1.96. The van der Waals surface area contributed by atoms with Gasteiger partial charge in [0.25, 0.3) is 0 Å². The van der Waals surface area contributed by atoms with E-state index < -0.39 is 11.6 Å². The highest BCUT2D eigenvalue weighted by atomic mass is 16.3. The number of piperazine rings is 1. The van der Waals surface area contributed by atoms with Crippen molar-refractivity contribution in [3.63, 3.8) is 0 Å². The van der Waals surface area contributed by atoms with Gasteiger partial charge in [-0.1, -0.05) is 31.2 Å². The molecule has 0 saturated carbocycles. The van der Waals surface area contributed by atoms with Crippen LogP contribution in [-0.4, -0.2) is 70.9 Å².